The van der Waals surface area contributed by atoms with Crippen LogP contribution in [0.15, 0.2) is 10.1 Å². The van der Waals surface area contributed by atoms with Crippen LogP contribution in [0.4, 0.5) is 0 Å². The van der Waals surface area contributed by atoms with Crippen LogP contribution in [0.5, 0.6) is 0 Å². The van der Waals surface area contributed by atoms with E-state index in [0.29, 0.717) is 0 Å². The van der Waals surface area contributed by atoms with Gasteiger partial charge in [-0.3, -0.25) is 4.28 Å². The van der Waals surface area contributed by atoms with Gasteiger partial charge in [-0.15, -0.1) is 0 Å². The number of hydrogen-bond donors (Lipinski definition) is 0. The van der Waals surface area contributed by atoms with Crippen LogP contribution in [-0.2, 0) is 23.9 Å². The Balaban J connectivity index is 2.09. The maximum atomic E-state index is 11.0. The minimum atomic E-state index is -3.71. The molecule has 1 spiro atoms. The van der Waals surface area contributed by atoms with Gasteiger partial charge in [0.25, 0.3) is 0 Å². The van der Waals surface area contributed by atoms with Gasteiger partial charge in [0, 0.05) is 12.8 Å². The zero-order valence-electron chi connectivity index (χ0n) is 11.1. The third-order valence-electron chi connectivity index (χ3n) is 3.18. The molecule has 0 unspecified atom stereocenters. The van der Waals surface area contributed by atoms with Crippen molar-refractivity contribution in [2.45, 2.75) is 44.0 Å². The SMILES string of the molecule is CS(=O)(=O)O/N=C(/N=C=S)[C@H]1COC2(CCCCC2)O1. The van der Waals surface area contributed by atoms with E-state index in [-0.39, 0.29) is 12.4 Å². The summed E-state index contributed by atoms with van der Waals surface area (Å²) in [7, 11) is -3.71. The first-order chi connectivity index (χ1) is 9.44. The average Bonchev–Trinajstić information content (AvgIpc) is 2.78. The van der Waals surface area contributed by atoms with Gasteiger partial charge in [0.15, 0.2) is 5.79 Å². The van der Waals surface area contributed by atoms with E-state index >= 15 is 0 Å². The number of ether oxygens (including phenoxy) is 2. The fourth-order valence-corrected chi connectivity index (χ4v) is 2.64. The number of hydrogen-bond acceptors (Lipinski definition) is 7. The van der Waals surface area contributed by atoms with E-state index in [1.54, 1.807) is 0 Å². The Morgan fingerprint density at radius 2 is 2.10 bits per heavy atom. The van der Waals surface area contributed by atoms with Crippen LogP contribution in [0.1, 0.15) is 32.1 Å². The molecule has 0 amide bonds. The van der Waals surface area contributed by atoms with Gasteiger partial charge in [0.2, 0.25) is 5.84 Å². The lowest BCUT2D eigenvalue weighted by Gasteiger charge is -2.31. The minimum absolute atomic E-state index is 0.0212. The summed E-state index contributed by atoms with van der Waals surface area (Å²) in [6, 6.07) is 0. The molecule has 1 atom stereocenters. The molecule has 0 bridgehead atoms. The molecule has 0 radical (unpaired) electrons. The Labute approximate surface area is 123 Å². The highest BCUT2D eigenvalue weighted by molar-refractivity contribution is 7.85. The van der Waals surface area contributed by atoms with Crippen molar-refractivity contribution in [3.63, 3.8) is 0 Å². The Morgan fingerprint density at radius 3 is 2.70 bits per heavy atom. The number of oxime groups is 1. The number of nitrogens with zero attached hydrogens (tertiary/aromatic N) is 2. The summed E-state index contributed by atoms with van der Waals surface area (Å²) in [6.45, 7) is 0.243. The van der Waals surface area contributed by atoms with Gasteiger partial charge in [-0.1, -0.05) is 6.42 Å². The Morgan fingerprint density at radius 1 is 1.40 bits per heavy atom. The summed E-state index contributed by atoms with van der Waals surface area (Å²) in [5, 5.41) is 5.61. The molecular formula is C11H16N2O5S2. The normalized spacial score (nSPS) is 26.2. The van der Waals surface area contributed by atoms with Gasteiger partial charge in [-0.05, 0) is 30.2 Å². The lowest BCUT2D eigenvalue weighted by Crippen LogP contribution is -2.34. The molecule has 0 aromatic rings. The molecule has 112 valence electrons. The maximum absolute atomic E-state index is 11.0. The monoisotopic (exact) mass is 320 g/mol. The van der Waals surface area contributed by atoms with Gasteiger partial charge in [0.1, 0.15) is 6.10 Å². The molecule has 1 saturated heterocycles. The van der Waals surface area contributed by atoms with Crippen LogP contribution in [0.25, 0.3) is 0 Å². The predicted octanol–water partition coefficient (Wildman–Crippen LogP) is 1.45. The Hall–Kier alpha value is -0.860. The zero-order chi connectivity index (χ0) is 14.6. The van der Waals surface area contributed by atoms with E-state index in [9.17, 15) is 8.42 Å². The van der Waals surface area contributed by atoms with E-state index in [1.807, 2.05) is 0 Å². The molecular weight excluding hydrogens is 304 g/mol. The molecule has 1 heterocycles. The molecule has 9 heteroatoms. The fraction of sp³-hybridized carbons (Fsp3) is 0.818. The summed E-state index contributed by atoms with van der Waals surface area (Å²) >= 11 is 4.52. The molecule has 2 aliphatic rings. The second kappa shape index (κ2) is 6.28. The van der Waals surface area contributed by atoms with Gasteiger partial charge in [0.05, 0.1) is 18.0 Å². The summed E-state index contributed by atoms with van der Waals surface area (Å²) in [5.41, 5.74) is 0. The highest BCUT2D eigenvalue weighted by Gasteiger charge is 2.44. The van der Waals surface area contributed by atoms with Crippen molar-refractivity contribution in [2.24, 2.45) is 10.1 Å². The highest BCUT2D eigenvalue weighted by atomic mass is 32.2. The van der Waals surface area contributed by atoms with Crippen molar-refractivity contribution < 1.29 is 22.2 Å². The van der Waals surface area contributed by atoms with E-state index in [1.165, 1.54) is 0 Å². The number of thiocarbonyl (C=S) groups is 1. The second-order valence-corrected chi connectivity index (χ2v) is 6.56. The summed E-state index contributed by atoms with van der Waals surface area (Å²) in [5.74, 6) is -0.584. The van der Waals surface area contributed by atoms with Crippen molar-refractivity contribution in [3.8, 4) is 0 Å². The predicted molar refractivity (Wildman–Crippen MR) is 75.0 cm³/mol. The van der Waals surface area contributed by atoms with Crippen molar-refractivity contribution >= 4 is 33.3 Å². The number of aliphatic imine (C=N–C) groups is 1. The molecule has 2 fully saturated rings. The molecule has 1 aliphatic heterocycles. The smallest absolute Gasteiger partial charge is 0.325 e. The van der Waals surface area contributed by atoms with Crippen molar-refractivity contribution in [1.82, 2.24) is 0 Å². The number of isothiocyanates is 1. The van der Waals surface area contributed by atoms with E-state index < -0.39 is 22.0 Å². The first-order valence-corrected chi connectivity index (χ1v) is 8.53. The molecule has 0 aromatic carbocycles. The van der Waals surface area contributed by atoms with Crippen LogP contribution >= 0.6 is 12.2 Å². The Bertz CT molecular complexity index is 533. The molecule has 0 aromatic heterocycles. The molecule has 20 heavy (non-hydrogen) atoms. The lowest BCUT2D eigenvalue weighted by molar-refractivity contribution is -0.181. The molecule has 2 rings (SSSR count). The minimum Gasteiger partial charge on any atom is -0.347 e. The first-order valence-electron chi connectivity index (χ1n) is 6.30. The summed E-state index contributed by atoms with van der Waals surface area (Å²) < 4.78 is 37.9. The van der Waals surface area contributed by atoms with Crippen molar-refractivity contribution in [3.05, 3.63) is 0 Å². The standard InChI is InChI=1S/C11H16N2O5S2/c1-20(14,15)18-13-10(12-8-19)9-7-16-11(17-9)5-3-2-4-6-11/h9H,2-7H2,1H3/b13-10+/t9-/m1/s1. The fourth-order valence-electron chi connectivity index (χ4n) is 2.34. The first kappa shape index (κ1) is 15.5. The summed E-state index contributed by atoms with van der Waals surface area (Å²) in [4.78, 5) is 3.71. The highest BCUT2D eigenvalue weighted by Crippen LogP contribution is 2.38. The third kappa shape index (κ3) is 4.07. The van der Waals surface area contributed by atoms with Crippen molar-refractivity contribution in [1.29, 1.82) is 0 Å². The number of rotatable bonds is 3. The Kier molecular flexibility index (Phi) is 4.87. The maximum Gasteiger partial charge on any atom is 0.325 e. The van der Waals surface area contributed by atoms with Gasteiger partial charge in [-0.25, -0.2) is 0 Å². The van der Waals surface area contributed by atoms with E-state index in [4.69, 9.17) is 9.47 Å². The van der Waals surface area contributed by atoms with E-state index in [2.05, 4.69) is 31.8 Å². The van der Waals surface area contributed by atoms with Crippen LogP contribution < -0.4 is 0 Å². The lowest BCUT2D eigenvalue weighted by atomic mass is 9.94. The van der Waals surface area contributed by atoms with Crippen LogP contribution in [0, 0.1) is 0 Å². The van der Waals surface area contributed by atoms with Gasteiger partial charge >= 0.3 is 10.1 Å². The third-order valence-corrected chi connectivity index (χ3v) is 3.62. The largest absolute Gasteiger partial charge is 0.347 e. The quantitative estimate of drug-likeness (QED) is 0.339. The number of amidine groups is 1. The van der Waals surface area contributed by atoms with Gasteiger partial charge in [-0.2, -0.15) is 13.4 Å². The van der Waals surface area contributed by atoms with Crippen LogP contribution in [-0.4, -0.2) is 44.2 Å². The molecule has 1 saturated carbocycles. The van der Waals surface area contributed by atoms with Crippen molar-refractivity contribution in [2.75, 3.05) is 12.9 Å². The average molecular weight is 320 g/mol. The van der Waals surface area contributed by atoms with Crippen LogP contribution in [0.3, 0.4) is 0 Å². The topological polar surface area (TPSA) is 86.6 Å². The second-order valence-electron chi connectivity index (χ2n) is 4.82. The zero-order valence-corrected chi connectivity index (χ0v) is 12.7. The van der Waals surface area contributed by atoms with Gasteiger partial charge < -0.3 is 9.47 Å². The molecule has 0 N–H and O–H groups in total. The molecule has 1 aliphatic carbocycles. The van der Waals surface area contributed by atoms with Crippen LogP contribution in [0.2, 0.25) is 0 Å². The van der Waals surface area contributed by atoms with E-state index in [0.717, 1.165) is 38.4 Å². The molecule has 7 nitrogen and oxygen atoms in total. The summed E-state index contributed by atoms with van der Waals surface area (Å²) in [6.07, 6.45) is 5.16.